The fraction of sp³-hybridized carbons (Fsp3) is 0.417. The van der Waals surface area contributed by atoms with Gasteiger partial charge >= 0.3 is 0 Å². The quantitative estimate of drug-likeness (QED) is 0.819. The average Bonchev–Trinajstić information content (AvgIpc) is 2.76. The molecule has 0 radical (unpaired) electrons. The van der Waals surface area contributed by atoms with Crippen molar-refractivity contribution in [3.8, 4) is 11.5 Å². The third kappa shape index (κ3) is 3.30. The van der Waals surface area contributed by atoms with E-state index in [1.54, 1.807) is 23.9 Å². The molecule has 0 unspecified atom stereocenters. The Morgan fingerprint density at radius 3 is 3.06 bits per heavy atom. The Hall–Kier alpha value is -1.36. The van der Waals surface area contributed by atoms with Crippen molar-refractivity contribution in [1.82, 2.24) is 0 Å². The minimum Gasteiger partial charge on any atom is -0.454 e. The monoisotopic (exact) mass is 253 g/mol. The van der Waals surface area contributed by atoms with E-state index >= 15 is 0 Å². The Labute approximate surface area is 105 Å². The molecule has 2 rings (SSSR count). The highest BCUT2D eigenvalue weighted by Gasteiger charge is 2.13. The van der Waals surface area contributed by atoms with Crippen LogP contribution in [0.3, 0.4) is 0 Å². The van der Waals surface area contributed by atoms with Gasteiger partial charge in [0.15, 0.2) is 11.5 Å². The van der Waals surface area contributed by atoms with E-state index < -0.39 is 0 Å². The summed E-state index contributed by atoms with van der Waals surface area (Å²) < 4.78 is 10.4. The molecule has 1 N–H and O–H groups in total. The van der Waals surface area contributed by atoms with Crippen molar-refractivity contribution in [2.75, 3.05) is 24.1 Å². The minimum atomic E-state index is 0.0397. The lowest BCUT2D eigenvalue weighted by Crippen LogP contribution is -2.11. The van der Waals surface area contributed by atoms with Gasteiger partial charge in [0.05, 0.1) is 0 Å². The largest absolute Gasteiger partial charge is 0.454 e. The second-order valence-corrected chi connectivity index (χ2v) is 4.70. The summed E-state index contributed by atoms with van der Waals surface area (Å²) >= 11 is 1.75. The number of ether oxygens (including phenoxy) is 2. The SMILES string of the molecule is CSCCCC(=O)Nc1ccc2c(c1)OCO2. The molecule has 0 saturated carbocycles. The van der Waals surface area contributed by atoms with Gasteiger partial charge in [-0.1, -0.05) is 0 Å². The Morgan fingerprint density at radius 1 is 1.41 bits per heavy atom. The molecule has 0 aliphatic carbocycles. The Morgan fingerprint density at radius 2 is 2.24 bits per heavy atom. The Kier molecular flexibility index (Phi) is 4.14. The molecule has 0 bridgehead atoms. The maximum Gasteiger partial charge on any atom is 0.231 e. The molecule has 0 saturated heterocycles. The zero-order chi connectivity index (χ0) is 12.1. The first-order valence-electron chi connectivity index (χ1n) is 5.48. The van der Waals surface area contributed by atoms with Crippen LogP contribution in [0.1, 0.15) is 12.8 Å². The highest BCUT2D eigenvalue weighted by atomic mass is 32.2. The van der Waals surface area contributed by atoms with E-state index in [9.17, 15) is 4.79 Å². The second kappa shape index (κ2) is 5.82. The number of thioether (sulfide) groups is 1. The fourth-order valence-corrected chi connectivity index (χ4v) is 2.01. The fourth-order valence-electron chi connectivity index (χ4n) is 1.57. The molecule has 1 aromatic rings. The highest BCUT2D eigenvalue weighted by Crippen LogP contribution is 2.34. The van der Waals surface area contributed by atoms with Crippen LogP contribution >= 0.6 is 11.8 Å². The molecular formula is C12H15NO3S. The zero-order valence-corrected chi connectivity index (χ0v) is 10.5. The molecule has 1 aliphatic rings. The van der Waals surface area contributed by atoms with Gasteiger partial charge in [0.1, 0.15) is 0 Å². The molecule has 17 heavy (non-hydrogen) atoms. The summed E-state index contributed by atoms with van der Waals surface area (Å²) in [5.41, 5.74) is 0.753. The summed E-state index contributed by atoms with van der Waals surface area (Å²) in [6.45, 7) is 0.250. The summed E-state index contributed by atoms with van der Waals surface area (Å²) in [4.78, 5) is 11.6. The lowest BCUT2D eigenvalue weighted by molar-refractivity contribution is -0.116. The maximum absolute atomic E-state index is 11.6. The number of rotatable bonds is 5. The molecule has 0 aromatic heterocycles. The average molecular weight is 253 g/mol. The lowest BCUT2D eigenvalue weighted by atomic mass is 10.2. The summed E-state index contributed by atoms with van der Waals surface area (Å²) in [5, 5.41) is 2.85. The predicted molar refractivity (Wildman–Crippen MR) is 68.8 cm³/mol. The number of anilines is 1. The van der Waals surface area contributed by atoms with Crippen LogP contribution in [0.25, 0.3) is 0 Å². The number of hydrogen-bond acceptors (Lipinski definition) is 4. The third-order valence-electron chi connectivity index (χ3n) is 2.41. The van der Waals surface area contributed by atoms with E-state index in [1.165, 1.54) is 0 Å². The summed E-state index contributed by atoms with van der Waals surface area (Å²) in [6.07, 6.45) is 3.49. The number of carbonyl (C=O) groups excluding carboxylic acids is 1. The van der Waals surface area contributed by atoms with Gasteiger partial charge in [-0.15, -0.1) is 0 Å². The van der Waals surface area contributed by atoms with Crippen molar-refractivity contribution in [2.45, 2.75) is 12.8 Å². The molecule has 92 valence electrons. The lowest BCUT2D eigenvalue weighted by Gasteiger charge is -2.05. The molecule has 1 aliphatic heterocycles. The van der Waals surface area contributed by atoms with Crippen molar-refractivity contribution in [1.29, 1.82) is 0 Å². The van der Waals surface area contributed by atoms with E-state index in [0.717, 1.165) is 23.6 Å². The van der Waals surface area contributed by atoms with Crippen LogP contribution in [0.5, 0.6) is 11.5 Å². The van der Waals surface area contributed by atoms with Crippen molar-refractivity contribution >= 4 is 23.4 Å². The van der Waals surface area contributed by atoms with Crippen LogP contribution in [0.2, 0.25) is 0 Å². The predicted octanol–water partition coefficient (Wildman–Crippen LogP) is 2.50. The van der Waals surface area contributed by atoms with Gasteiger partial charge in [-0.05, 0) is 30.6 Å². The minimum absolute atomic E-state index is 0.0397. The molecule has 1 amide bonds. The Bertz CT molecular complexity index is 409. The number of benzene rings is 1. The van der Waals surface area contributed by atoms with Crippen molar-refractivity contribution in [3.63, 3.8) is 0 Å². The first-order valence-corrected chi connectivity index (χ1v) is 6.87. The number of fused-ring (bicyclic) bond motifs is 1. The van der Waals surface area contributed by atoms with Crippen molar-refractivity contribution < 1.29 is 14.3 Å². The molecular weight excluding hydrogens is 238 g/mol. The summed E-state index contributed by atoms with van der Waals surface area (Å²) in [5.74, 6) is 2.46. The van der Waals surface area contributed by atoms with E-state index in [-0.39, 0.29) is 12.7 Å². The summed E-state index contributed by atoms with van der Waals surface area (Å²) in [7, 11) is 0. The van der Waals surface area contributed by atoms with Crippen LogP contribution in [0.15, 0.2) is 18.2 Å². The van der Waals surface area contributed by atoms with Gasteiger partial charge in [0, 0.05) is 18.2 Å². The van der Waals surface area contributed by atoms with E-state index in [0.29, 0.717) is 12.2 Å². The number of nitrogens with one attached hydrogen (secondary N) is 1. The molecule has 5 heteroatoms. The van der Waals surface area contributed by atoms with Crippen molar-refractivity contribution in [3.05, 3.63) is 18.2 Å². The normalized spacial score (nSPS) is 12.5. The van der Waals surface area contributed by atoms with Gasteiger partial charge in [-0.25, -0.2) is 0 Å². The van der Waals surface area contributed by atoms with Crippen LogP contribution in [-0.2, 0) is 4.79 Å². The van der Waals surface area contributed by atoms with Gasteiger partial charge < -0.3 is 14.8 Å². The van der Waals surface area contributed by atoms with Crippen LogP contribution < -0.4 is 14.8 Å². The van der Waals surface area contributed by atoms with Crippen molar-refractivity contribution in [2.24, 2.45) is 0 Å². The molecule has 1 heterocycles. The summed E-state index contributed by atoms with van der Waals surface area (Å²) in [6, 6.07) is 5.41. The highest BCUT2D eigenvalue weighted by molar-refractivity contribution is 7.98. The smallest absolute Gasteiger partial charge is 0.231 e. The Balaban J connectivity index is 1.88. The molecule has 0 atom stereocenters. The molecule has 4 nitrogen and oxygen atoms in total. The van der Waals surface area contributed by atoms with Crippen LogP contribution in [0, 0.1) is 0 Å². The third-order valence-corrected chi connectivity index (χ3v) is 3.11. The van der Waals surface area contributed by atoms with E-state index in [1.807, 2.05) is 12.3 Å². The van der Waals surface area contributed by atoms with Crippen LogP contribution in [0.4, 0.5) is 5.69 Å². The number of carbonyl (C=O) groups is 1. The second-order valence-electron chi connectivity index (χ2n) is 3.71. The van der Waals surface area contributed by atoms with E-state index in [4.69, 9.17) is 9.47 Å². The molecule has 0 spiro atoms. The first kappa shape index (κ1) is 12.1. The molecule has 0 fully saturated rings. The topological polar surface area (TPSA) is 47.6 Å². The molecule has 1 aromatic carbocycles. The van der Waals surface area contributed by atoms with E-state index in [2.05, 4.69) is 5.32 Å². The van der Waals surface area contributed by atoms with Gasteiger partial charge in [-0.3, -0.25) is 4.79 Å². The van der Waals surface area contributed by atoms with Gasteiger partial charge in [-0.2, -0.15) is 11.8 Å². The van der Waals surface area contributed by atoms with Crippen LogP contribution in [-0.4, -0.2) is 24.7 Å². The number of amides is 1. The maximum atomic E-state index is 11.6. The van der Waals surface area contributed by atoms with Gasteiger partial charge in [0.25, 0.3) is 0 Å². The zero-order valence-electron chi connectivity index (χ0n) is 9.69. The standard InChI is InChI=1S/C12H15NO3S/c1-17-6-2-3-12(14)13-9-4-5-10-11(7-9)16-8-15-10/h4-5,7H,2-3,6,8H2,1H3,(H,13,14). The van der Waals surface area contributed by atoms with Gasteiger partial charge in [0.2, 0.25) is 12.7 Å². The number of hydrogen-bond donors (Lipinski definition) is 1. The first-order chi connectivity index (χ1) is 8.29.